The summed E-state index contributed by atoms with van der Waals surface area (Å²) in [5, 5.41) is 0. The Morgan fingerprint density at radius 1 is 0.760 bits per heavy atom. The predicted octanol–water partition coefficient (Wildman–Crippen LogP) is 1.45. The number of methoxy groups -OCH3 is 3. The molecule has 0 aromatic carbocycles. The molecular formula is C17H22O8. The molecule has 0 spiro atoms. The van der Waals surface area contributed by atoms with Crippen LogP contribution in [-0.2, 0) is 33.3 Å². The van der Waals surface area contributed by atoms with Crippen LogP contribution in [-0.4, -0.2) is 45.4 Å². The fourth-order valence-corrected chi connectivity index (χ4v) is 5.57. The SMILES string of the molecule is COC(=O)OC(=O)C12CC3CC(C1)C(C(=O)OC)(C(=O)OC)C(C3)C2. The van der Waals surface area contributed by atoms with E-state index in [2.05, 4.69) is 4.74 Å². The maximum absolute atomic E-state index is 12.6. The van der Waals surface area contributed by atoms with Crippen molar-refractivity contribution in [3.63, 3.8) is 0 Å². The van der Waals surface area contributed by atoms with Gasteiger partial charge in [0.05, 0.1) is 26.7 Å². The van der Waals surface area contributed by atoms with Crippen LogP contribution in [0.15, 0.2) is 0 Å². The lowest BCUT2D eigenvalue weighted by Gasteiger charge is -2.61. The summed E-state index contributed by atoms with van der Waals surface area (Å²) in [5.41, 5.74) is -2.24. The number of ether oxygens (including phenoxy) is 4. The Hall–Kier alpha value is -2.12. The van der Waals surface area contributed by atoms with Crippen molar-refractivity contribution in [2.75, 3.05) is 21.3 Å². The van der Waals surface area contributed by atoms with Gasteiger partial charge in [0.25, 0.3) is 0 Å². The van der Waals surface area contributed by atoms with Gasteiger partial charge in [0, 0.05) is 0 Å². The average molecular weight is 354 g/mol. The van der Waals surface area contributed by atoms with Crippen LogP contribution in [0.1, 0.15) is 32.1 Å². The van der Waals surface area contributed by atoms with Crippen LogP contribution in [0.2, 0.25) is 0 Å². The molecule has 0 radical (unpaired) electrons. The minimum atomic E-state index is -1.38. The van der Waals surface area contributed by atoms with Crippen molar-refractivity contribution < 1.29 is 38.1 Å². The van der Waals surface area contributed by atoms with Gasteiger partial charge in [0.1, 0.15) is 0 Å². The normalized spacial score (nSPS) is 34.1. The lowest BCUT2D eigenvalue weighted by atomic mass is 9.41. The molecule has 0 N–H and O–H groups in total. The van der Waals surface area contributed by atoms with Crippen molar-refractivity contribution in [3.05, 3.63) is 0 Å². The molecule has 4 fully saturated rings. The summed E-state index contributed by atoms with van der Waals surface area (Å²) in [5.74, 6) is -2.39. The average Bonchev–Trinajstić information content (AvgIpc) is 2.60. The summed E-state index contributed by atoms with van der Waals surface area (Å²) in [6.45, 7) is 0. The van der Waals surface area contributed by atoms with Crippen LogP contribution in [0.5, 0.6) is 0 Å². The Labute approximate surface area is 145 Å². The minimum absolute atomic E-state index is 0.199. The predicted molar refractivity (Wildman–Crippen MR) is 81.0 cm³/mol. The van der Waals surface area contributed by atoms with E-state index >= 15 is 0 Å². The van der Waals surface area contributed by atoms with Crippen LogP contribution >= 0.6 is 0 Å². The van der Waals surface area contributed by atoms with Gasteiger partial charge in [-0.05, 0) is 49.9 Å². The third-order valence-electron chi connectivity index (χ3n) is 6.30. The van der Waals surface area contributed by atoms with Gasteiger partial charge in [-0.3, -0.25) is 14.4 Å². The Morgan fingerprint density at radius 2 is 1.28 bits per heavy atom. The molecule has 0 saturated heterocycles. The van der Waals surface area contributed by atoms with E-state index in [0.717, 1.165) is 7.11 Å². The molecule has 0 amide bonds. The van der Waals surface area contributed by atoms with Crippen molar-refractivity contribution in [1.82, 2.24) is 0 Å². The molecule has 8 nitrogen and oxygen atoms in total. The zero-order chi connectivity index (χ0) is 18.4. The highest BCUT2D eigenvalue weighted by Gasteiger charge is 2.71. The van der Waals surface area contributed by atoms with E-state index in [1.54, 1.807) is 0 Å². The summed E-state index contributed by atoms with van der Waals surface area (Å²) in [6.07, 6.45) is 1.42. The summed E-state index contributed by atoms with van der Waals surface area (Å²) in [7, 11) is 3.63. The van der Waals surface area contributed by atoms with Crippen LogP contribution in [0.3, 0.4) is 0 Å². The second-order valence-electron chi connectivity index (χ2n) is 7.32. The van der Waals surface area contributed by atoms with Gasteiger partial charge in [-0.15, -0.1) is 0 Å². The molecule has 2 unspecified atom stereocenters. The monoisotopic (exact) mass is 354 g/mol. The second kappa shape index (κ2) is 6.00. The third kappa shape index (κ3) is 2.33. The minimum Gasteiger partial charge on any atom is -0.468 e. The van der Waals surface area contributed by atoms with Crippen molar-refractivity contribution >= 4 is 24.1 Å². The van der Waals surface area contributed by atoms with E-state index in [4.69, 9.17) is 14.2 Å². The first-order valence-electron chi connectivity index (χ1n) is 8.31. The van der Waals surface area contributed by atoms with E-state index in [0.29, 0.717) is 32.1 Å². The molecule has 0 aliphatic heterocycles. The van der Waals surface area contributed by atoms with Gasteiger partial charge < -0.3 is 18.9 Å². The molecule has 8 heteroatoms. The van der Waals surface area contributed by atoms with Gasteiger partial charge in [0.15, 0.2) is 5.41 Å². The summed E-state index contributed by atoms with van der Waals surface area (Å²) >= 11 is 0. The number of carbonyl (C=O) groups excluding carboxylic acids is 4. The number of hydrogen-bond acceptors (Lipinski definition) is 8. The van der Waals surface area contributed by atoms with E-state index < -0.39 is 34.9 Å². The zero-order valence-electron chi connectivity index (χ0n) is 14.5. The molecule has 0 aromatic rings. The number of carbonyl (C=O) groups is 4. The van der Waals surface area contributed by atoms with Crippen molar-refractivity contribution in [3.8, 4) is 0 Å². The smallest absolute Gasteiger partial charge is 0.468 e. The molecular weight excluding hydrogens is 332 g/mol. The van der Waals surface area contributed by atoms with Crippen LogP contribution < -0.4 is 0 Å². The molecule has 2 atom stereocenters. The molecule has 4 aliphatic carbocycles. The van der Waals surface area contributed by atoms with E-state index in [1.165, 1.54) is 14.2 Å². The molecule has 4 bridgehead atoms. The highest BCUT2D eigenvalue weighted by Crippen LogP contribution is 2.67. The van der Waals surface area contributed by atoms with E-state index in [-0.39, 0.29) is 17.8 Å². The quantitative estimate of drug-likeness (QED) is 0.426. The van der Waals surface area contributed by atoms with Crippen LogP contribution in [0, 0.1) is 28.6 Å². The van der Waals surface area contributed by atoms with E-state index in [1.807, 2.05) is 0 Å². The molecule has 138 valence electrons. The lowest BCUT2D eigenvalue weighted by molar-refractivity contribution is -0.213. The Balaban J connectivity index is 1.96. The molecule has 0 heterocycles. The van der Waals surface area contributed by atoms with Crippen molar-refractivity contribution in [2.45, 2.75) is 32.1 Å². The number of rotatable bonds is 3. The first-order valence-corrected chi connectivity index (χ1v) is 8.31. The third-order valence-corrected chi connectivity index (χ3v) is 6.30. The van der Waals surface area contributed by atoms with Crippen LogP contribution in [0.4, 0.5) is 4.79 Å². The Morgan fingerprint density at radius 3 is 1.72 bits per heavy atom. The Kier molecular flexibility index (Phi) is 4.25. The standard InChI is InChI=1S/C17H22O8/c1-22-13(19)17(14(20)23-2)10-4-9-5-11(17)8-16(6-9,7-10)12(18)25-15(21)24-3/h9-11H,4-8H2,1-3H3. The molecule has 25 heavy (non-hydrogen) atoms. The lowest BCUT2D eigenvalue weighted by Crippen LogP contribution is -2.65. The summed E-state index contributed by atoms with van der Waals surface area (Å²) in [6, 6.07) is 0. The topological polar surface area (TPSA) is 105 Å². The largest absolute Gasteiger partial charge is 0.515 e. The first-order chi connectivity index (χ1) is 11.8. The Bertz CT molecular complexity index is 590. The van der Waals surface area contributed by atoms with E-state index in [9.17, 15) is 19.2 Å². The van der Waals surface area contributed by atoms with Crippen molar-refractivity contribution in [1.29, 1.82) is 0 Å². The maximum atomic E-state index is 12.6. The van der Waals surface area contributed by atoms with Gasteiger partial charge in [-0.2, -0.15) is 0 Å². The maximum Gasteiger partial charge on any atom is 0.515 e. The molecule has 4 aliphatic rings. The van der Waals surface area contributed by atoms with Crippen LogP contribution in [0.25, 0.3) is 0 Å². The highest BCUT2D eigenvalue weighted by atomic mass is 16.7. The zero-order valence-corrected chi connectivity index (χ0v) is 14.5. The fourth-order valence-electron chi connectivity index (χ4n) is 5.57. The fraction of sp³-hybridized carbons (Fsp3) is 0.765. The molecule has 4 rings (SSSR count). The highest BCUT2D eigenvalue weighted by molar-refractivity contribution is 6.01. The number of esters is 3. The summed E-state index contributed by atoms with van der Waals surface area (Å²) < 4.78 is 19.1. The van der Waals surface area contributed by atoms with Gasteiger partial charge >= 0.3 is 24.1 Å². The molecule has 0 aromatic heterocycles. The number of hydrogen-bond donors (Lipinski definition) is 0. The van der Waals surface area contributed by atoms with Gasteiger partial charge in [-0.25, -0.2) is 4.79 Å². The molecule has 4 saturated carbocycles. The van der Waals surface area contributed by atoms with Gasteiger partial charge in [-0.1, -0.05) is 0 Å². The first kappa shape index (κ1) is 17.7. The second-order valence-corrected chi connectivity index (χ2v) is 7.32. The van der Waals surface area contributed by atoms with Crippen molar-refractivity contribution in [2.24, 2.45) is 28.6 Å². The van der Waals surface area contributed by atoms with Gasteiger partial charge in [0.2, 0.25) is 0 Å². The summed E-state index contributed by atoms with van der Waals surface area (Å²) in [4.78, 5) is 49.2.